The predicted octanol–water partition coefficient (Wildman–Crippen LogP) is 2.36. The van der Waals surface area contributed by atoms with Gasteiger partial charge in [0.1, 0.15) is 0 Å². The normalized spacial score (nSPS) is 39.0. The van der Waals surface area contributed by atoms with Crippen molar-refractivity contribution in [3.8, 4) is 0 Å². The molecule has 0 saturated carbocycles. The molecule has 2 bridgehead atoms. The first-order valence-electron chi connectivity index (χ1n) is 5.92. The molecule has 2 nitrogen and oxygen atoms in total. The van der Waals surface area contributed by atoms with E-state index in [4.69, 9.17) is 0 Å². The number of aliphatic hydroxyl groups is 1. The van der Waals surface area contributed by atoms with E-state index >= 15 is 0 Å². The third-order valence-electron chi connectivity index (χ3n) is 3.69. The molecule has 2 atom stereocenters. The van der Waals surface area contributed by atoms with E-state index < -0.39 is 18.2 Å². The summed E-state index contributed by atoms with van der Waals surface area (Å²) in [6.45, 7) is 0. The molecule has 0 aromatic carbocycles. The van der Waals surface area contributed by atoms with E-state index in [1.54, 1.807) is 0 Å². The summed E-state index contributed by atoms with van der Waals surface area (Å²) in [4.78, 5) is 0. The molecule has 0 aromatic rings. The molecule has 2 saturated heterocycles. The van der Waals surface area contributed by atoms with Crippen LogP contribution >= 0.6 is 0 Å². The molecule has 2 N–H and O–H groups in total. The first-order chi connectivity index (χ1) is 7.36. The Hall–Kier alpha value is -0.290. The Labute approximate surface area is 93.2 Å². The summed E-state index contributed by atoms with van der Waals surface area (Å²) in [5.74, 6) is 0. The molecule has 0 aromatic heterocycles. The predicted molar refractivity (Wildman–Crippen MR) is 54.0 cm³/mol. The molecule has 0 aliphatic carbocycles. The molecular formula is C11H18F3NO. The van der Waals surface area contributed by atoms with Crippen molar-refractivity contribution in [2.45, 2.75) is 68.8 Å². The maximum Gasteiger partial charge on any atom is 0.389 e. The van der Waals surface area contributed by atoms with Crippen molar-refractivity contribution in [1.82, 2.24) is 5.32 Å². The fraction of sp³-hybridized carbons (Fsp3) is 1.00. The quantitative estimate of drug-likeness (QED) is 0.789. The van der Waals surface area contributed by atoms with E-state index in [-0.39, 0.29) is 12.8 Å². The topological polar surface area (TPSA) is 32.3 Å². The average molecular weight is 237 g/mol. The van der Waals surface area contributed by atoms with Crippen LogP contribution < -0.4 is 5.32 Å². The van der Waals surface area contributed by atoms with Gasteiger partial charge in [0.25, 0.3) is 0 Å². The van der Waals surface area contributed by atoms with Gasteiger partial charge in [0.15, 0.2) is 0 Å². The molecule has 2 heterocycles. The third-order valence-corrected chi connectivity index (χ3v) is 3.69. The lowest BCUT2D eigenvalue weighted by atomic mass is 9.83. The van der Waals surface area contributed by atoms with Gasteiger partial charge in [-0.1, -0.05) is 0 Å². The summed E-state index contributed by atoms with van der Waals surface area (Å²) < 4.78 is 36.0. The van der Waals surface area contributed by atoms with Crippen LogP contribution in [0.3, 0.4) is 0 Å². The van der Waals surface area contributed by atoms with Gasteiger partial charge in [-0.15, -0.1) is 0 Å². The van der Waals surface area contributed by atoms with Crippen molar-refractivity contribution in [3.05, 3.63) is 0 Å². The minimum absolute atomic E-state index is 0.0411. The number of alkyl halides is 3. The van der Waals surface area contributed by atoms with E-state index in [1.165, 1.54) is 0 Å². The zero-order valence-electron chi connectivity index (χ0n) is 9.19. The van der Waals surface area contributed by atoms with Crippen LogP contribution in [0.5, 0.6) is 0 Å². The molecule has 2 aliphatic rings. The molecule has 2 aliphatic heterocycles. The molecule has 0 spiro atoms. The Morgan fingerprint density at radius 2 is 1.75 bits per heavy atom. The standard InChI is InChI=1S/C11H18F3NO/c12-11(13,14)5-1-4-10(16)6-8-2-3-9(7-10)15-8/h8-9,15-16H,1-7H2. The Morgan fingerprint density at radius 3 is 2.25 bits per heavy atom. The van der Waals surface area contributed by atoms with Crippen LogP contribution in [0, 0.1) is 0 Å². The number of hydrogen-bond donors (Lipinski definition) is 2. The zero-order chi connectivity index (χ0) is 11.8. The summed E-state index contributed by atoms with van der Waals surface area (Å²) in [5, 5.41) is 13.6. The smallest absolute Gasteiger partial charge is 0.389 e. The molecule has 5 heteroatoms. The summed E-state index contributed by atoms with van der Waals surface area (Å²) >= 11 is 0. The molecule has 2 rings (SSSR count). The zero-order valence-corrected chi connectivity index (χ0v) is 9.19. The van der Waals surface area contributed by atoms with Crippen molar-refractivity contribution in [2.24, 2.45) is 0 Å². The second kappa shape index (κ2) is 4.18. The second-order valence-electron chi connectivity index (χ2n) is 5.24. The van der Waals surface area contributed by atoms with E-state index in [9.17, 15) is 18.3 Å². The molecule has 16 heavy (non-hydrogen) atoms. The van der Waals surface area contributed by atoms with E-state index in [0.29, 0.717) is 24.9 Å². The largest absolute Gasteiger partial charge is 0.390 e. The number of nitrogens with one attached hydrogen (secondary N) is 1. The number of hydrogen-bond acceptors (Lipinski definition) is 2. The Kier molecular flexibility index (Phi) is 3.18. The second-order valence-corrected chi connectivity index (χ2v) is 5.24. The third kappa shape index (κ3) is 3.10. The number of rotatable bonds is 3. The van der Waals surface area contributed by atoms with Gasteiger partial charge in [-0.25, -0.2) is 0 Å². The van der Waals surface area contributed by atoms with Crippen molar-refractivity contribution >= 4 is 0 Å². The van der Waals surface area contributed by atoms with Crippen LogP contribution in [0.15, 0.2) is 0 Å². The van der Waals surface area contributed by atoms with Gasteiger partial charge in [-0.05, 0) is 38.5 Å². The maximum atomic E-state index is 12.0. The highest BCUT2D eigenvalue weighted by molar-refractivity contribution is 4.99. The van der Waals surface area contributed by atoms with Crippen LogP contribution in [-0.2, 0) is 0 Å². The lowest BCUT2D eigenvalue weighted by molar-refractivity contribution is -0.138. The molecule has 0 amide bonds. The van der Waals surface area contributed by atoms with Gasteiger partial charge >= 0.3 is 6.18 Å². The van der Waals surface area contributed by atoms with Crippen LogP contribution in [-0.4, -0.2) is 29.0 Å². The van der Waals surface area contributed by atoms with E-state index in [0.717, 1.165) is 12.8 Å². The monoisotopic (exact) mass is 237 g/mol. The summed E-state index contributed by atoms with van der Waals surface area (Å²) in [5.41, 5.74) is -0.859. The Bertz CT molecular complexity index is 242. The van der Waals surface area contributed by atoms with Gasteiger partial charge in [0, 0.05) is 18.5 Å². The van der Waals surface area contributed by atoms with Gasteiger partial charge in [-0.3, -0.25) is 0 Å². The lowest BCUT2D eigenvalue weighted by Crippen LogP contribution is -2.48. The van der Waals surface area contributed by atoms with E-state index in [1.807, 2.05) is 0 Å². The fourth-order valence-electron chi connectivity index (χ4n) is 3.05. The van der Waals surface area contributed by atoms with Crippen LogP contribution in [0.25, 0.3) is 0 Å². The number of halogens is 3. The average Bonchev–Trinajstić information content (AvgIpc) is 2.43. The van der Waals surface area contributed by atoms with Gasteiger partial charge in [0.05, 0.1) is 5.60 Å². The molecule has 2 unspecified atom stereocenters. The van der Waals surface area contributed by atoms with Gasteiger partial charge in [-0.2, -0.15) is 13.2 Å². The van der Waals surface area contributed by atoms with Crippen molar-refractivity contribution in [1.29, 1.82) is 0 Å². The van der Waals surface area contributed by atoms with Crippen molar-refractivity contribution < 1.29 is 18.3 Å². The van der Waals surface area contributed by atoms with Crippen LogP contribution in [0.1, 0.15) is 44.9 Å². The maximum absolute atomic E-state index is 12.0. The fourth-order valence-corrected chi connectivity index (χ4v) is 3.05. The first-order valence-corrected chi connectivity index (χ1v) is 5.92. The van der Waals surface area contributed by atoms with Gasteiger partial charge < -0.3 is 10.4 Å². The molecule has 94 valence electrons. The number of piperidine rings is 1. The summed E-state index contributed by atoms with van der Waals surface area (Å²) in [7, 11) is 0. The SMILES string of the molecule is OC1(CCCC(F)(F)F)CC2CCC(C1)N2. The highest BCUT2D eigenvalue weighted by Gasteiger charge is 2.42. The highest BCUT2D eigenvalue weighted by Crippen LogP contribution is 2.37. The van der Waals surface area contributed by atoms with Crippen LogP contribution in [0.2, 0.25) is 0 Å². The molecule has 0 radical (unpaired) electrons. The van der Waals surface area contributed by atoms with Gasteiger partial charge in [0.2, 0.25) is 0 Å². The van der Waals surface area contributed by atoms with E-state index in [2.05, 4.69) is 5.32 Å². The van der Waals surface area contributed by atoms with Crippen LogP contribution in [0.4, 0.5) is 13.2 Å². The molecule has 2 fully saturated rings. The van der Waals surface area contributed by atoms with Crippen molar-refractivity contribution in [2.75, 3.05) is 0 Å². The minimum atomic E-state index is -4.09. The van der Waals surface area contributed by atoms with Crippen molar-refractivity contribution in [3.63, 3.8) is 0 Å². The summed E-state index contributed by atoms with van der Waals surface area (Å²) in [6.07, 6.45) is -1.23. The Morgan fingerprint density at radius 1 is 1.19 bits per heavy atom. The summed E-state index contributed by atoms with van der Waals surface area (Å²) in [6, 6.07) is 0.629. The highest BCUT2D eigenvalue weighted by atomic mass is 19.4. The Balaban J connectivity index is 1.80. The molecular weight excluding hydrogens is 219 g/mol. The lowest BCUT2D eigenvalue weighted by Gasteiger charge is -2.37. The number of fused-ring (bicyclic) bond motifs is 2. The minimum Gasteiger partial charge on any atom is -0.390 e. The first kappa shape index (κ1) is 12.2.